The van der Waals surface area contributed by atoms with Gasteiger partial charge in [0.1, 0.15) is 5.82 Å². The topological polar surface area (TPSA) is 52.1 Å². The zero-order valence-corrected chi connectivity index (χ0v) is 21.7. The first-order chi connectivity index (χ1) is 15.2. The van der Waals surface area contributed by atoms with Gasteiger partial charge in [-0.3, -0.25) is 9.89 Å². The lowest BCUT2D eigenvalue weighted by Gasteiger charge is -2.36. The van der Waals surface area contributed by atoms with E-state index in [-0.39, 0.29) is 35.8 Å². The highest BCUT2D eigenvalue weighted by atomic mass is 127. The van der Waals surface area contributed by atoms with Crippen molar-refractivity contribution in [3.05, 3.63) is 53.2 Å². The summed E-state index contributed by atoms with van der Waals surface area (Å²) in [5, 5.41) is 10.6. The van der Waals surface area contributed by atoms with Gasteiger partial charge in [0, 0.05) is 45.8 Å². The van der Waals surface area contributed by atoms with Crippen LogP contribution < -0.4 is 15.5 Å². The molecule has 2 N–H and O–H groups in total. The Bertz CT molecular complexity index is 821. The van der Waals surface area contributed by atoms with E-state index in [1.54, 1.807) is 11.3 Å². The van der Waals surface area contributed by atoms with Crippen molar-refractivity contribution in [2.75, 3.05) is 57.9 Å². The molecule has 2 saturated heterocycles. The van der Waals surface area contributed by atoms with Crippen molar-refractivity contribution >= 4 is 46.3 Å². The molecule has 4 rings (SSSR count). The number of thiophene rings is 1. The molecule has 1 aromatic carbocycles. The monoisotopic (exact) mass is 573 g/mol. The van der Waals surface area contributed by atoms with Crippen molar-refractivity contribution in [1.82, 2.24) is 15.5 Å². The second-order valence-corrected chi connectivity index (χ2v) is 8.95. The largest absolute Gasteiger partial charge is 0.379 e. The van der Waals surface area contributed by atoms with Gasteiger partial charge in [-0.05, 0) is 48.1 Å². The Morgan fingerprint density at radius 2 is 1.88 bits per heavy atom. The Labute approximate surface area is 211 Å². The number of guanidine groups is 1. The normalized spacial score (nSPS) is 19.3. The number of hydrogen-bond donors (Lipinski definition) is 2. The summed E-state index contributed by atoms with van der Waals surface area (Å²) in [6.07, 6.45) is 2.17. The summed E-state index contributed by atoms with van der Waals surface area (Å²) in [6.45, 7) is 6.02. The predicted octanol–water partition coefficient (Wildman–Crippen LogP) is 3.71. The molecule has 0 amide bonds. The number of rotatable bonds is 6. The van der Waals surface area contributed by atoms with Crippen LogP contribution in [0.15, 0.2) is 46.8 Å². The second-order valence-electron chi connectivity index (χ2n) is 8.03. The molecule has 176 valence electrons. The molecule has 1 aromatic heterocycles. The van der Waals surface area contributed by atoms with Gasteiger partial charge in [0.2, 0.25) is 0 Å². The number of benzene rings is 1. The van der Waals surface area contributed by atoms with Crippen molar-refractivity contribution in [3.8, 4) is 0 Å². The number of aliphatic imine (C=N–C) groups is 1. The molecule has 2 aromatic rings. The van der Waals surface area contributed by atoms with Gasteiger partial charge in [0.05, 0.1) is 24.3 Å². The summed E-state index contributed by atoms with van der Waals surface area (Å²) >= 11 is 1.81. The lowest BCUT2D eigenvalue weighted by molar-refractivity contribution is 0.0169. The zero-order valence-electron chi connectivity index (χ0n) is 18.5. The lowest BCUT2D eigenvalue weighted by Crippen LogP contribution is -2.50. The summed E-state index contributed by atoms with van der Waals surface area (Å²) in [7, 11) is 1.82. The first kappa shape index (κ1) is 25.2. The van der Waals surface area contributed by atoms with Crippen LogP contribution in [0, 0.1) is 5.82 Å². The van der Waals surface area contributed by atoms with Gasteiger partial charge in [0.25, 0.3) is 0 Å². The van der Waals surface area contributed by atoms with E-state index in [2.05, 4.69) is 42.9 Å². The van der Waals surface area contributed by atoms with Gasteiger partial charge in [-0.1, -0.05) is 12.1 Å². The van der Waals surface area contributed by atoms with E-state index >= 15 is 0 Å². The molecule has 3 heterocycles. The molecule has 2 aliphatic heterocycles. The Balaban J connectivity index is 0.00000289. The quantitative estimate of drug-likeness (QED) is 0.314. The van der Waals surface area contributed by atoms with E-state index in [0.717, 1.165) is 63.8 Å². The van der Waals surface area contributed by atoms with Crippen LogP contribution in [0.5, 0.6) is 0 Å². The molecule has 0 bridgehead atoms. The van der Waals surface area contributed by atoms with Crippen LogP contribution in [-0.2, 0) is 4.74 Å². The minimum atomic E-state index is -0.205. The van der Waals surface area contributed by atoms with E-state index in [0.29, 0.717) is 12.6 Å². The number of nitrogens with one attached hydrogen (secondary N) is 2. The summed E-state index contributed by atoms with van der Waals surface area (Å²) in [6, 6.07) is 11.7. The molecular formula is C23H33FIN5OS. The molecule has 2 fully saturated rings. The molecule has 1 atom stereocenters. The second kappa shape index (κ2) is 12.7. The van der Waals surface area contributed by atoms with Crippen LogP contribution >= 0.6 is 35.3 Å². The molecule has 0 aliphatic carbocycles. The highest BCUT2D eigenvalue weighted by molar-refractivity contribution is 14.0. The number of hydrogen-bond acceptors (Lipinski definition) is 5. The Morgan fingerprint density at radius 3 is 2.50 bits per heavy atom. The SMILES string of the molecule is CN=C(NCC(c1ccc(F)cc1)N1CCOCC1)NC1CCN(c2cccs2)CC1.I. The van der Waals surface area contributed by atoms with E-state index in [9.17, 15) is 4.39 Å². The van der Waals surface area contributed by atoms with E-state index in [4.69, 9.17) is 4.74 Å². The Morgan fingerprint density at radius 1 is 1.16 bits per heavy atom. The van der Waals surface area contributed by atoms with Gasteiger partial charge in [-0.15, -0.1) is 35.3 Å². The fraction of sp³-hybridized carbons (Fsp3) is 0.522. The molecule has 0 spiro atoms. The third-order valence-corrected chi connectivity index (χ3v) is 7.01. The summed E-state index contributed by atoms with van der Waals surface area (Å²) < 4.78 is 19.0. The first-order valence-corrected chi connectivity index (χ1v) is 11.9. The molecule has 32 heavy (non-hydrogen) atoms. The average molecular weight is 574 g/mol. The molecule has 6 nitrogen and oxygen atoms in total. The number of piperidine rings is 1. The van der Waals surface area contributed by atoms with E-state index in [1.807, 2.05) is 19.2 Å². The van der Waals surface area contributed by atoms with E-state index in [1.165, 1.54) is 17.1 Å². The molecule has 0 saturated carbocycles. The van der Waals surface area contributed by atoms with Crippen LogP contribution in [0.3, 0.4) is 0 Å². The summed E-state index contributed by atoms with van der Waals surface area (Å²) in [5.41, 5.74) is 1.11. The smallest absolute Gasteiger partial charge is 0.191 e. The predicted molar refractivity (Wildman–Crippen MR) is 141 cm³/mol. The van der Waals surface area contributed by atoms with Crippen LogP contribution in [0.25, 0.3) is 0 Å². The van der Waals surface area contributed by atoms with Gasteiger partial charge in [0.15, 0.2) is 5.96 Å². The number of anilines is 1. The number of ether oxygens (including phenoxy) is 1. The van der Waals surface area contributed by atoms with Crippen LogP contribution in [0.1, 0.15) is 24.4 Å². The fourth-order valence-corrected chi connectivity index (χ4v) is 5.09. The Kier molecular flexibility index (Phi) is 10.0. The average Bonchev–Trinajstić information content (AvgIpc) is 3.36. The molecule has 0 radical (unpaired) electrons. The van der Waals surface area contributed by atoms with Crippen molar-refractivity contribution in [2.24, 2.45) is 4.99 Å². The minimum absolute atomic E-state index is 0. The van der Waals surface area contributed by atoms with Crippen molar-refractivity contribution in [1.29, 1.82) is 0 Å². The fourth-order valence-electron chi connectivity index (χ4n) is 4.31. The van der Waals surface area contributed by atoms with Gasteiger partial charge >= 0.3 is 0 Å². The maximum Gasteiger partial charge on any atom is 0.191 e. The third kappa shape index (κ3) is 6.79. The van der Waals surface area contributed by atoms with Crippen molar-refractivity contribution in [2.45, 2.75) is 24.9 Å². The zero-order chi connectivity index (χ0) is 21.5. The van der Waals surface area contributed by atoms with Gasteiger partial charge < -0.3 is 20.3 Å². The third-order valence-electron chi connectivity index (χ3n) is 6.08. The molecule has 9 heteroatoms. The van der Waals surface area contributed by atoms with Crippen molar-refractivity contribution in [3.63, 3.8) is 0 Å². The molecular weight excluding hydrogens is 540 g/mol. The number of morpholine rings is 1. The van der Waals surface area contributed by atoms with Gasteiger partial charge in [-0.2, -0.15) is 0 Å². The minimum Gasteiger partial charge on any atom is -0.379 e. The lowest BCUT2D eigenvalue weighted by atomic mass is 10.0. The van der Waals surface area contributed by atoms with Crippen LogP contribution in [0.2, 0.25) is 0 Å². The standard InChI is InChI=1S/C23H32FN5OS.HI/c1-25-23(27-20-8-10-29(11-9-20)22-3-2-16-31-22)26-17-21(28-12-14-30-15-13-28)18-4-6-19(24)7-5-18;/h2-7,16,20-21H,8-15,17H2,1H3,(H2,25,26,27);1H. The van der Waals surface area contributed by atoms with Crippen LogP contribution in [0.4, 0.5) is 9.39 Å². The maximum atomic E-state index is 13.5. The van der Waals surface area contributed by atoms with Crippen LogP contribution in [-0.4, -0.2) is 69.9 Å². The summed E-state index contributed by atoms with van der Waals surface area (Å²) in [5.74, 6) is 0.624. The van der Waals surface area contributed by atoms with E-state index < -0.39 is 0 Å². The van der Waals surface area contributed by atoms with Gasteiger partial charge in [-0.25, -0.2) is 4.39 Å². The highest BCUT2D eigenvalue weighted by Crippen LogP contribution is 2.25. The Hall–Kier alpha value is -1.43. The highest BCUT2D eigenvalue weighted by Gasteiger charge is 2.24. The number of nitrogens with zero attached hydrogens (tertiary/aromatic N) is 3. The number of halogens is 2. The first-order valence-electron chi connectivity index (χ1n) is 11.1. The van der Waals surface area contributed by atoms with Crippen molar-refractivity contribution < 1.29 is 9.13 Å². The molecule has 1 unspecified atom stereocenters. The maximum absolute atomic E-state index is 13.5. The molecule has 2 aliphatic rings. The summed E-state index contributed by atoms with van der Waals surface area (Å²) in [4.78, 5) is 9.32.